The number of rotatable bonds is 2. The van der Waals surface area contributed by atoms with Crippen molar-refractivity contribution in [3.05, 3.63) is 0 Å². The molecule has 0 aliphatic carbocycles. The van der Waals surface area contributed by atoms with E-state index < -0.39 is 0 Å². The Morgan fingerprint density at radius 2 is 1.92 bits per heavy atom. The number of hydrogen-bond donors (Lipinski definition) is 1. The summed E-state index contributed by atoms with van der Waals surface area (Å²) in [6, 6.07) is 2.47. The number of piperazine rings is 1. The average Bonchev–Trinajstić information content (AvgIpc) is 2.07. The molecule has 1 aliphatic rings. The Bertz CT molecular complexity index is 165. The van der Waals surface area contributed by atoms with Crippen molar-refractivity contribution in [2.45, 2.75) is 19.9 Å². The fourth-order valence-corrected chi connectivity index (χ4v) is 1.61. The molecule has 1 heterocycles. The Morgan fingerprint density at radius 1 is 1.33 bits per heavy atom. The molecule has 1 aliphatic heterocycles. The molecule has 0 radical (unpaired) electrons. The van der Waals surface area contributed by atoms with Gasteiger partial charge in [0.25, 0.3) is 0 Å². The van der Waals surface area contributed by atoms with Crippen LogP contribution in [0.3, 0.4) is 0 Å². The summed E-state index contributed by atoms with van der Waals surface area (Å²) in [7, 11) is 0. The van der Waals surface area contributed by atoms with Crippen LogP contribution in [0, 0.1) is 17.2 Å². The van der Waals surface area contributed by atoms with Crippen molar-refractivity contribution in [1.82, 2.24) is 10.2 Å². The topological polar surface area (TPSA) is 39.1 Å². The minimum absolute atomic E-state index is 0.104. The van der Waals surface area contributed by atoms with E-state index in [1.807, 2.05) is 0 Å². The summed E-state index contributed by atoms with van der Waals surface area (Å²) in [6.07, 6.45) is 0. The van der Waals surface area contributed by atoms with Gasteiger partial charge in [-0.25, -0.2) is 0 Å². The van der Waals surface area contributed by atoms with Crippen molar-refractivity contribution in [3.63, 3.8) is 0 Å². The van der Waals surface area contributed by atoms with Crippen molar-refractivity contribution < 1.29 is 0 Å². The smallest absolute Gasteiger partial charge is 0.100 e. The lowest BCUT2D eigenvalue weighted by Gasteiger charge is -2.32. The molecule has 0 saturated carbocycles. The fraction of sp³-hybridized carbons (Fsp3) is 0.889. The molecule has 0 aromatic heterocycles. The number of hydrogen-bond acceptors (Lipinski definition) is 3. The molecule has 1 unspecified atom stereocenters. The van der Waals surface area contributed by atoms with Gasteiger partial charge >= 0.3 is 0 Å². The zero-order valence-corrected chi connectivity index (χ0v) is 7.88. The van der Waals surface area contributed by atoms with Crippen LogP contribution in [0.4, 0.5) is 0 Å². The minimum Gasteiger partial charge on any atom is -0.314 e. The molecule has 1 N–H and O–H groups in total. The van der Waals surface area contributed by atoms with E-state index in [-0.39, 0.29) is 6.04 Å². The van der Waals surface area contributed by atoms with Crippen LogP contribution in [-0.2, 0) is 0 Å². The number of nitrogens with zero attached hydrogens (tertiary/aromatic N) is 2. The fourth-order valence-electron chi connectivity index (χ4n) is 1.61. The molecular weight excluding hydrogens is 150 g/mol. The van der Waals surface area contributed by atoms with Crippen LogP contribution in [0.5, 0.6) is 0 Å². The summed E-state index contributed by atoms with van der Waals surface area (Å²) in [5.74, 6) is 0.438. The lowest BCUT2D eigenvalue weighted by molar-refractivity contribution is 0.173. The molecular formula is C9H17N3. The predicted molar refractivity (Wildman–Crippen MR) is 48.7 cm³/mol. The van der Waals surface area contributed by atoms with Crippen LogP contribution in [-0.4, -0.2) is 37.1 Å². The van der Waals surface area contributed by atoms with Gasteiger partial charge in [-0.2, -0.15) is 5.26 Å². The van der Waals surface area contributed by atoms with Gasteiger partial charge in [0.2, 0.25) is 0 Å². The van der Waals surface area contributed by atoms with E-state index in [1.165, 1.54) is 0 Å². The Hall–Kier alpha value is -0.590. The van der Waals surface area contributed by atoms with E-state index in [0.717, 1.165) is 26.2 Å². The first-order valence-electron chi connectivity index (χ1n) is 4.60. The van der Waals surface area contributed by atoms with Gasteiger partial charge in [-0.15, -0.1) is 0 Å². The zero-order chi connectivity index (χ0) is 8.97. The Labute approximate surface area is 74.4 Å². The Morgan fingerprint density at radius 3 is 2.33 bits per heavy atom. The number of nitrogens with one attached hydrogen (secondary N) is 1. The summed E-state index contributed by atoms with van der Waals surface area (Å²) in [5, 5.41) is 12.2. The maximum atomic E-state index is 8.94. The second kappa shape index (κ2) is 4.44. The third-order valence-corrected chi connectivity index (χ3v) is 2.31. The van der Waals surface area contributed by atoms with Gasteiger partial charge in [-0.1, -0.05) is 13.8 Å². The molecule has 1 saturated heterocycles. The van der Waals surface area contributed by atoms with Gasteiger partial charge in [0.15, 0.2) is 0 Å². The first kappa shape index (κ1) is 9.50. The predicted octanol–water partition coefficient (Wildman–Crippen LogP) is 0.440. The quantitative estimate of drug-likeness (QED) is 0.648. The highest BCUT2D eigenvalue weighted by atomic mass is 15.2. The highest BCUT2D eigenvalue weighted by Gasteiger charge is 2.22. The van der Waals surface area contributed by atoms with E-state index in [1.54, 1.807) is 0 Å². The SMILES string of the molecule is CC(C)C(C#N)N1CCNCC1. The van der Waals surface area contributed by atoms with Crippen LogP contribution in [0.15, 0.2) is 0 Å². The molecule has 0 spiro atoms. The minimum atomic E-state index is 0.104. The third-order valence-electron chi connectivity index (χ3n) is 2.31. The summed E-state index contributed by atoms with van der Waals surface area (Å²) in [6.45, 7) is 8.27. The zero-order valence-electron chi connectivity index (χ0n) is 7.88. The van der Waals surface area contributed by atoms with Gasteiger partial charge in [0, 0.05) is 26.2 Å². The second-order valence-electron chi connectivity index (χ2n) is 3.60. The molecule has 3 heteroatoms. The first-order valence-corrected chi connectivity index (χ1v) is 4.60. The summed E-state index contributed by atoms with van der Waals surface area (Å²) >= 11 is 0. The Balaban J connectivity index is 2.47. The van der Waals surface area contributed by atoms with Gasteiger partial charge < -0.3 is 5.32 Å². The van der Waals surface area contributed by atoms with Crippen LogP contribution < -0.4 is 5.32 Å². The van der Waals surface area contributed by atoms with Gasteiger partial charge in [-0.3, -0.25) is 4.90 Å². The average molecular weight is 167 g/mol. The van der Waals surface area contributed by atoms with Crippen LogP contribution in [0.2, 0.25) is 0 Å². The van der Waals surface area contributed by atoms with Crippen molar-refractivity contribution in [2.75, 3.05) is 26.2 Å². The maximum Gasteiger partial charge on any atom is 0.100 e. The highest BCUT2D eigenvalue weighted by Crippen LogP contribution is 2.10. The molecule has 0 aromatic rings. The second-order valence-corrected chi connectivity index (χ2v) is 3.60. The van der Waals surface area contributed by atoms with Crippen LogP contribution in [0.25, 0.3) is 0 Å². The molecule has 12 heavy (non-hydrogen) atoms. The largest absolute Gasteiger partial charge is 0.314 e. The summed E-state index contributed by atoms with van der Waals surface area (Å²) in [4.78, 5) is 2.27. The summed E-state index contributed by atoms with van der Waals surface area (Å²) < 4.78 is 0. The molecule has 0 aromatic carbocycles. The number of nitriles is 1. The molecule has 1 fully saturated rings. The molecule has 3 nitrogen and oxygen atoms in total. The molecule has 1 atom stereocenters. The van der Waals surface area contributed by atoms with Crippen molar-refractivity contribution in [2.24, 2.45) is 5.92 Å². The van der Waals surface area contributed by atoms with Gasteiger partial charge in [0.05, 0.1) is 6.07 Å². The monoisotopic (exact) mass is 167 g/mol. The maximum absolute atomic E-state index is 8.94. The third kappa shape index (κ3) is 2.20. The van der Waals surface area contributed by atoms with Crippen molar-refractivity contribution in [1.29, 1.82) is 5.26 Å². The van der Waals surface area contributed by atoms with E-state index in [9.17, 15) is 0 Å². The molecule has 0 amide bonds. The Kier molecular flexibility index (Phi) is 3.51. The van der Waals surface area contributed by atoms with E-state index >= 15 is 0 Å². The molecule has 1 rings (SSSR count). The normalized spacial score (nSPS) is 22.2. The van der Waals surface area contributed by atoms with E-state index in [4.69, 9.17) is 5.26 Å². The lowest BCUT2D eigenvalue weighted by Crippen LogP contribution is -2.49. The van der Waals surface area contributed by atoms with Gasteiger partial charge in [0.1, 0.15) is 6.04 Å². The van der Waals surface area contributed by atoms with Gasteiger partial charge in [-0.05, 0) is 5.92 Å². The standard InChI is InChI=1S/C9H17N3/c1-8(2)9(7-10)12-5-3-11-4-6-12/h8-9,11H,3-6H2,1-2H3. The lowest BCUT2D eigenvalue weighted by atomic mass is 10.0. The van der Waals surface area contributed by atoms with Crippen LogP contribution >= 0.6 is 0 Å². The molecule has 68 valence electrons. The van der Waals surface area contributed by atoms with E-state index in [0.29, 0.717) is 5.92 Å². The summed E-state index contributed by atoms with van der Waals surface area (Å²) in [5.41, 5.74) is 0. The molecule has 0 bridgehead atoms. The van der Waals surface area contributed by atoms with Crippen LogP contribution in [0.1, 0.15) is 13.8 Å². The van der Waals surface area contributed by atoms with Crippen molar-refractivity contribution >= 4 is 0 Å². The highest BCUT2D eigenvalue weighted by molar-refractivity contribution is 4.95. The first-order chi connectivity index (χ1) is 5.75. The van der Waals surface area contributed by atoms with E-state index in [2.05, 4.69) is 30.1 Å². The van der Waals surface area contributed by atoms with Crippen molar-refractivity contribution in [3.8, 4) is 6.07 Å².